The summed E-state index contributed by atoms with van der Waals surface area (Å²) < 4.78 is 0. The van der Waals surface area contributed by atoms with E-state index in [1.54, 1.807) is 0 Å². The zero-order valence-electron chi connectivity index (χ0n) is 12.2. The Morgan fingerprint density at radius 2 is 1.79 bits per heavy atom. The number of nitrogens with one attached hydrogen (secondary N) is 2. The van der Waals surface area contributed by atoms with Crippen molar-refractivity contribution in [2.24, 2.45) is 0 Å². The van der Waals surface area contributed by atoms with E-state index in [1.807, 2.05) is 0 Å². The topological polar surface area (TPSA) is 41.1 Å². The predicted octanol–water partition coefficient (Wildman–Crippen LogP) is 3.67. The molecule has 1 aliphatic rings. The third-order valence-corrected chi connectivity index (χ3v) is 3.92. The normalized spacial score (nSPS) is 16.1. The van der Waals surface area contributed by atoms with Crippen molar-refractivity contribution in [1.82, 2.24) is 10.6 Å². The van der Waals surface area contributed by atoms with Crippen molar-refractivity contribution in [2.45, 2.75) is 83.6 Å². The summed E-state index contributed by atoms with van der Waals surface area (Å²) in [5.41, 5.74) is 0. The van der Waals surface area contributed by atoms with Crippen LogP contribution in [0.1, 0.15) is 77.6 Å². The van der Waals surface area contributed by atoms with Crippen LogP contribution in [0.4, 0.5) is 0 Å². The lowest BCUT2D eigenvalue weighted by molar-refractivity contribution is -0.119. The second-order valence-corrected chi connectivity index (χ2v) is 5.93. The minimum atomic E-state index is 0.0600. The SMILES string of the molecule is CCCCCCCC(=O)NC(=S)NC1CCCCC1. The minimum absolute atomic E-state index is 0.0600. The van der Waals surface area contributed by atoms with Crippen LogP contribution < -0.4 is 10.6 Å². The molecule has 0 aliphatic heterocycles. The third kappa shape index (κ3) is 8.19. The number of hydrogen-bond donors (Lipinski definition) is 2. The third-order valence-electron chi connectivity index (χ3n) is 3.70. The molecule has 0 aromatic heterocycles. The molecule has 0 aromatic rings. The monoisotopic (exact) mass is 284 g/mol. The second-order valence-electron chi connectivity index (χ2n) is 5.52. The number of hydrogen-bond acceptors (Lipinski definition) is 2. The Morgan fingerprint density at radius 1 is 1.11 bits per heavy atom. The first-order valence-electron chi connectivity index (χ1n) is 7.82. The van der Waals surface area contributed by atoms with Crippen molar-refractivity contribution in [1.29, 1.82) is 0 Å². The molecule has 1 amide bonds. The lowest BCUT2D eigenvalue weighted by Gasteiger charge is -2.24. The average molecular weight is 284 g/mol. The maximum absolute atomic E-state index is 11.7. The number of amides is 1. The van der Waals surface area contributed by atoms with Gasteiger partial charge in [0.1, 0.15) is 0 Å². The molecule has 0 saturated heterocycles. The number of rotatable bonds is 7. The Kier molecular flexibility index (Phi) is 8.80. The van der Waals surface area contributed by atoms with Crippen LogP contribution in [0.3, 0.4) is 0 Å². The van der Waals surface area contributed by atoms with E-state index in [9.17, 15) is 4.79 Å². The van der Waals surface area contributed by atoms with Gasteiger partial charge in [-0.15, -0.1) is 0 Å². The molecule has 1 aliphatic carbocycles. The number of carbonyl (C=O) groups is 1. The van der Waals surface area contributed by atoms with Crippen LogP contribution >= 0.6 is 12.2 Å². The van der Waals surface area contributed by atoms with Crippen molar-refractivity contribution in [2.75, 3.05) is 0 Å². The van der Waals surface area contributed by atoms with E-state index in [-0.39, 0.29) is 5.91 Å². The maximum Gasteiger partial charge on any atom is 0.226 e. The fraction of sp³-hybridized carbons (Fsp3) is 0.867. The Labute approximate surface area is 122 Å². The van der Waals surface area contributed by atoms with Crippen LogP contribution in [0.5, 0.6) is 0 Å². The van der Waals surface area contributed by atoms with Gasteiger partial charge in [0.25, 0.3) is 0 Å². The fourth-order valence-electron chi connectivity index (χ4n) is 2.55. The summed E-state index contributed by atoms with van der Waals surface area (Å²) in [5, 5.41) is 6.58. The zero-order valence-corrected chi connectivity index (χ0v) is 13.0. The molecular formula is C15H28N2OS. The highest BCUT2D eigenvalue weighted by Crippen LogP contribution is 2.17. The molecule has 19 heavy (non-hydrogen) atoms. The maximum atomic E-state index is 11.7. The molecule has 0 unspecified atom stereocenters. The Balaban J connectivity index is 2.05. The summed E-state index contributed by atoms with van der Waals surface area (Å²) in [6.07, 6.45) is 12.7. The Bertz CT molecular complexity index is 275. The van der Waals surface area contributed by atoms with Crippen LogP contribution in [0, 0.1) is 0 Å². The van der Waals surface area contributed by atoms with E-state index < -0.39 is 0 Å². The van der Waals surface area contributed by atoms with Gasteiger partial charge in [-0.2, -0.15) is 0 Å². The molecule has 1 saturated carbocycles. The molecule has 110 valence electrons. The Hall–Kier alpha value is -0.640. The molecule has 3 nitrogen and oxygen atoms in total. The standard InChI is InChI=1S/C15H28N2OS/c1-2-3-4-5-9-12-14(18)17-15(19)16-13-10-7-6-8-11-13/h13H,2-12H2,1H3,(H2,16,17,18,19). The summed E-state index contributed by atoms with van der Waals surface area (Å²) in [5.74, 6) is 0.0600. The Morgan fingerprint density at radius 3 is 2.47 bits per heavy atom. The molecule has 1 fully saturated rings. The van der Waals surface area contributed by atoms with Crippen molar-refractivity contribution < 1.29 is 4.79 Å². The smallest absolute Gasteiger partial charge is 0.226 e. The highest BCUT2D eigenvalue weighted by molar-refractivity contribution is 7.80. The van der Waals surface area contributed by atoms with Gasteiger partial charge < -0.3 is 10.6 Å². The zero-order chi connectivity index (χ0) is 13.9. The average Bonchev–Trinajstić information content (AvgIpc) is 2.39. The lowest BCUT2D eigenvalue weighted by atomic mass is 9.96. The van der Waals surface area contributed by atoms with Gasteiger partial charge in [-0.3, -0.25) is 4.79 Å². The summed E-state index contributed by atoms with van der Waals surface area (Å²) in [4.78, 5) is 11.7. The van der Waals surface area contributed by atoms with Crippen LogP contribution in [-0.4, -0.2) is 17.1 Å². The van der Waals surface area contributed by atoms with Gasteiger partial charge >= 0.3 is 0 Å². The first kappa shape index (κ1) is 16.4. The number of carbonyl (C=O) groups excluding carboxylic acids is 1. The molecule has 0 atom stereocenters. The molecule has 0 spiro atoms. The first-order chi connectivity index (χ1) is 9.22. The van der Waals surface area contributed by atoms with Gasteiger partial charge in [0.05, 0.1) is 0 Å². The van der Waals surface area contributed by atoms with E-state index >= 15 is 0 Å². The van der Waals surface area contributed by atoms with E-state index in [0.29, 0.717) is 17.6 Å². The van der Waals surface area contributed by atoms with E-state index in [0.717, 1.165) is 12.8 Å². The van der Waals surface area contributed by atoms with Crippen LogP contribution in [0.2, 0.25) is 0 Å². The summed E-state index contributed by atoms with van der Waals surface area (Å²) >= 11 is 5.19. The number of thiocarbonyl (C=S) groups is 1. The first-order valence-corrected chi connectivity index (χ1v) is 8.23. The molecular weight excluding hydrogens is 256 g/mol. The molecule has 0 aromatic carbocycles. The minimum Gasteiger partial charge on any atom is -0.360 e. The molecule has 2 N–H and O–H groups in total. The fourth-order valence-corrected chi connectivity index (χ4v) is 2.83. The molecule has 0 radical (unpaired) electrons. The van der Waals surface area contributed by atoms with Gasteiger partial charge in [0.15, 0.2) is 5.11 Å². The van der Waals surface area contributed by atoms with E-state index in [1.165, 1.54) is 51.4 Å². The summed E-state index contributed by atoms with van der Waals surface area (Å²) in [6.45, 7) is 2.20. The van der Waals surface area contributed by atoms with Crippen molar-refractivity contribution in [3.05, 3.63) is 0 Å². The van der Waals surface area contributed by atoms with Crippen LogP contribution in [0.25, 0.3) is 0 Å². The van der Waals surface area contributed by atoms with Gasteiger partial charge in [-0.05, 0) is 31.5 Å². The second kappa shape index (κ2) is 10.2. The molecule has 0 bridgehead atoms. The largest absolute Gasteiger partial charge is 0.360 e. The summed E-state index contributed by atoms with van der Waals surface area (Å²) in [6, 6.07) is 0.464. The van der Waals surface area contributed by atoms with Crippen LogP contribution in [0.15, 0.2) is 0 Å². The van der Waals surface area contributed by atoms with Crippen molar-refractivity contribution in [3.63, 3.8) is 0 Å². The highest BCUT2D eigenvalue weighted by atomic mass is 32.1. The van der Waals surface area contributed by atoms with E-state index in [4.69, 9.17) is 12.2 Å². The van der Waals surface area contributed by atoms with Gasteiger partial charge in [-0.1, -0.05) is 51.9 Å². The van der Waals surface area contributed by atoms with Gasteiger partial charge in [-0.25, -0.2) is 0 Å². The summed E-state index contributed by atoms with van der Waals surface area (Å²) in [7, 11) is 0. The van der Waals surface area contributed by atoms with Crippen LogP contribution in [-0.2, 0) is 4.79 Å². The van der Waals surface area contributed by atoms with Gasteiger partial charge in [0, 0.05) is 12.5 Å². The molecule has 1 rings (SSSR count). The van der Waals surface area contributed by atoms with E-state index in [2.05, 4.69) is 17.6 Å². The number of unbranched alkanes of at least 4 members (excludes halogenated alkanes) is 4. The predicted molar refractivity (Wildman–Crippen MR) is 84.1 cm³/mol. The highest BCUT2D eigenvalue weighted by Gasteiger charge is 2.14. The van der Waals surface area contributed by atoms with Gasteiger partial charge in [0.2, 0.25) is 5.91 Å². The van der Waals surface area contributed by atoms with Crippen molar-refractivity contribution >= 4 is 23.2 Å². The molecule has 0 heterocycles. The quantitative estimate of drug-likeness (QED) is 0.553. The molecule has 4 heteroatoms. The van der Waals surface area contributed by atoms with Crippen molar-refractivity contribution in [3.8, 4) is 0 Å². The lowest BCUT2D eigenvalue weighted by Crippen LogP contribution is -2.44.